The molecule has 1 aliphatic rings. The highest BCUT2D eigenvalue weighted by atomic mass is 35.5. The van der Waals surface area contributed by atoms with E-state index in [2.05, 4.69) is 32.0 Å². The van der Waals surface area contributed by atoms with Crippen molar-refractivity contribution in [1.82, 2.24) is 19.5 Å². The number of aromatic nitrogens is 4. The Bertz CT molecular complexity index is 1400. The summed E-state index contributed by atoms with van der Waals surface area (Å²) in [6.45, 7) is 3.22. The Kier molecular flexibility index (Phi) is 7.17. The largest absolute Gasteiger partial charge is 0.393 e. The lowest BCUT2D eigenvalue weighted by atomic mass is 9.80. The van der Waals surface area contributed by atoms with Gasteiger partial charge in [-0.2, -0.15) is 15.2 Å². The van der Waals surface area contributed by atoms with Gasteiger partial charge in [-0.15, -0.1) is 0 Å². The molecule has 1 unspecified atom stereocenters. The maximum Gasteiger partial charge on any atom is 0.236 e. The number of anilines is 1. The second-order valence-corrected chi connectivity index (χ2v) is 9.96. The maximum atomic E-state index is 10.4. The molecule has 1 atom stereocenters. The standard InChI is InChI=1S/C28H29ClN6O/c1-18-5-2-8-21(15-18)28-34-27-25(35(28)17-19-10-12-22(29)13-11-19)26(32-24(16-30)33-27)31-14-4-9-23(36)20-6-3-7-20/h2,5,8,10-13,15,20,23,36H,3-4,6-7,9,14,17H2,1H3,(H,31,32,33). The minimum absolute atomic E-state index is 0.0754. The monoisotopic (exact) mass is 500 g/mol. The third-order valence-corrected chi connectivity index (χ3v) is 7.15. The topological polar surface area (TPSA) is 99.7 Å². The van der Waals surface area contributed by atoms with Crippen LogP contribution in [0.5, 0.6) is 0 Å². The molecule has 2 N–H and O–H groups in total. The van der Waals surface area contributed by atoms with E-state index in [0.29, 0.717) is 35.5 Å². The van der Waals surface area contributed by atoms with Crippen LogP contribution >= 0.6 is 11.6 Å². The number of hydrogen-bond acceptors (Lipinski definition) is 6. The first-order valence-corrected chi connectivity index (χ1v) is 12.8. The number of hydrogen-bond donors (Lipinski definition) is 2. The van der Waals surface area contributed by atoms with Gasteiger partial charge in [0.15, 0.2) is 11.5 Å². The van der Waals surface area contributed by atoms with Crippen molar-refractivity contribution in [1.29, 1.82) is 5.26 Å². The molecule has 36 heavy (non-hydrogen) atoms. The first kappa shape index (κ1) is 24.2. The Morgan fingerprint density at radius 3 is 2.67 bits per heavy atom. The fourth-order valence-electron chi connectivity index (χ4n) is 4.72. The molecule has 5 rings (SSSR count). The van der Waals surface area contributed by atoms with Crippen LogP contribution in [0.2, 0.25) is 5.02 Å². The SMILES string of the molecule is Cc1cccc(-c2nc3nc(C#N)nc(NCCCC(O)C4CCC4)c3n2Cc2ccc(Cl)cc2)c1. The summed E-state index contributed by atoms with van der Waals surface area (Å²) >= 11 is 6.12. The Labute approximate surface area is 215 Å². The Morgan fingerprint density at radius 2 is 1.97 bits per heavy atom. The minimum atomic E-state index is -0.246. The van der Waals surface area contributed by atoms with E-state index in [-0.39, 0.29) is 11.9 Å². The quantitative estimate of drug-likeness (QED) is 0.285. The van der Waals surface area contributed by atoms with Gasteiger partial charge in [0.1, 0.15) is 17.4 Å². The van der Waals surface area contributed by atoms with Crippen LogP contribution in [0.3, 0.4) is 0 Å². The van der Waals surface area contributed by atoms with Crippen LogP contribution in [-0.4, -0.2) is 37.3 Å². The number of nitrogens with one attached hydrogen (secondary N) is 1. The zero-order chi connectivity index (χ0) is 25.1. The molecule has 1 aliphatic carbocycles. The highest BCUT2D eigenvalue weighted by Crippen LogP contribution is 2.32. The summed E-state index contributed by atoms with van der Waals surface area (Å²) in [5.74, 6) is 1.86. The van der Waals surface area contributed by atoms with Gasteiger partial charge in [0, 0.05) is 23.7 Å². The molecule has 2 aromatic heterocycles. The summed E-state index contributed by atoms with van der Waals surface area (Å²) in [5.41, 5.74) is 4.38. The van der Waals surface area contributed by atoms with Crippen molar-refractivity contribution in [2.45, 2.75) is 51.7 Å². The van der Waals surface area contributed by atoms with E-state index in [1.165, 1.54) is 6.42 Å². The second kappa shape index (κ2) is 10.7. The molecule has 1 saturated carbocycles. The third kappa shape index (κ3) is 5.20. The third-order valence-electron chi connectivity index (χ3n) is 6.90. The number of aryl methyl sites for hydroxylation is 1. The zero-order valence-corrected chi connectivity index (χ0v) is 21.0. The normalized spacial score (nSPS) is 14.4. The van der Waals surface area contributed by atoms with Gasteiger partial charge >= 0.3 is 0 Å². The molecular weight excluding hydrogens is 472 g/mol. The minimum Gasteiger partial charge on any atom is -0.393 e. The lowest BCUT2D eigenvalue weighted by molar-refractivity contribution is 0.0549. The molecule has 0 saturated heterocycles. The molecule has 8 heteroatoms. The van der Waals surface area contributed by atoms with Gasteiger partial charge in [-0.25, -0.2) is 4.98 Å². The first-order chi connectivity index (χ1) is 17.5. The Hall–Kier alpha value is -3.47. The van der Waals surface area contributed by atoms with Crippen molar-refractivity contribution in [3.63, 3.8) is 0 Å². The van der Waals surface area contributed by atoms with Crippen molar-refractivity contribution in [2.24, 2.45) is 5.92 Å². The molecular formula is C28H29ClN6O. The van der Waals surface area contributed by atoms with E-state index in [1.807, 2.05) is 49.4 Å². The van der Waals surface area contributed by atoms with Crippen molar-refractivity contribution in [3.8, 4) is 17.5 Å². The summed E-state index contributed by atoms with van der Waals surface area (Å²) in [7, 11) is 0. The fraction of sp³-hybridized carbons (Fsp3) is 0.357. The van der Waals surface area contributed by atoms with Crippen LogP contribution in [0.25, 0.3) is 22.6 Å². The summed E-state index contributed by atoms with van der Waals surface area (Å²) in [6.07, 6.45) is 4.77. The van der Waals surface area contributed by atoms with Crippen molar-refractivity contribution >= 4 is 28.6 Å². The molecule has 0 spiro atoms. The molecule has 2 heterocycles. The average Bonchev–Trinajstić information content (AvgIpc) is 3.20. The van der Waals surface area contributed by atoms with Crippen molar-refractivity contribution < 1.29 is 5.11 Å². The van der Waals surface area contributed by atoms with Crippen LogP contribution < -0.4 is 5.32 Å². The second-order valence-electron chi connectivity index (χ2n) is 9.52. The molecule has 2 aromatic carbocycles. The van der Waals surface area contributed by atoms with Crippen LogP contribution in [0.15, 0.2) is 48.5 Å². The van der Waals surface area contributed by atoms with Crippen molar-refractivity contribution in [2.75, 3.05) is 11.9 Å². The number of nitriles is 1. The summed E-state index contributed by atoms with van der Waals surface area (Å²) in [6, 6.07) is 18.0. The van der Waals surface area contributed by atoms with Gasteiger partial charge in [-0.1, -0.05) is 53.9 Å². The lowest BCUT2D eigenvalue weighted by Crippen LogP contribution is -2.27. The van der Waals surface area contributed by atoms with E-state index in [0.717, 1.165) is 53.7 Å². The number of halogens is 1. The summed E-state index contributed by atoms with van der Waals surface area (Å²) in [5, 5.41) is 24.0. The zero-order valence-electron chi connectivity index (χ0n) is 20.3. The van der Waals surface area contributed by atoms with Gasteiger partial charge in [-0.05, 0) is 62.3 Å². The molecule has 4 aromatic rings. The molecule has 7 nitrogen and oxygen atoms in total. The smallest absolute Gasteiger partial charge is 0.236 e. The number of aliphatic hydroxyl groups excluding tert-OH is 1. The lowest BCUT2D eigenvalue weighted by Gasteiger charge is -2.30. The number of benzene rings is 2. The number of fused-ring (bicyclic) bond motifs is 1. The number of nitrogens with zero attached hydrogens (tertiary/aromatic N) is 5. The summed E-state index contributed by atoms with van der Waals surface area (Å²) in [4.78, 5) is 13.8. The van der Waals surface area contributed by atoms with Gasteiger partial charge in [0.2, 0.25) is 5.82 Å². The first-order valence-electron chi connectivity index (χ1n) is 12.4. The molecule has 0 bridgehead atoms. The molecule has 0 aliphatic heterocycles. The van der Waals surface area contributed by atoms with E-state index in [9.17, 15) is 10.4 Å². The average molecular weight is 501 g/mol. The van der Waals surface area contributed by atoms with Crippen LogP contribution in [0.1, 0.15) is 49.1 Å². The Morgan fingerprint density at radius 1 is 1.17 bits per heavy atom. The van der Waals surface area contributed by atoms with Gasteiger partial charge < -0.3 is 15.0 Å². The summed E-state index contributed by atoms with van der Waals surface area (Å²) < 4.78 is 2.10. The molecule has 1 fully saturated rings. The number of rotatable bonds is 9. The predicted octanol–water partition coefficient (Wildman–Crippen LogP) is 5.73. The van der Waals surface area contributed by atoms with Gasteiger partial charge in [-0.3, -0.25) is 0 Å². The van der Waals surface area contributed by atoms with E-state index >= 15 is 0 Å². The Balaban J connectivity index is 1.52. The highest BCUT2D eigenvalue weighted by Gasteiger charge is 2.25. The van der Waals surface area contributed by atoms with Crippen molar-refractivity contribution in [3.05, 3.63) is 70.5 Å². The maximum absolute atomic E-state index is 10.4. The van der Waals surface area contributed by atoms with E-state index in [1.54, 1.807) is 0 Å². The predicted molar refractivity (Wildman–Crippen MR) is 142 cm³/mol. The molecule has 184 valence electrons. The van der Waals surface area contributed by atoms with Crippen LogP contribution in [0, 0.1) is 24.2 Å². The number of imidazole rings is 1. The van der Waals surface area contributed by atoms with Gasteiger partial charge in [0.25, 0.3) is 0 Å². The van der Waals surface area contributed by atoms with Crippen LogP contribution in [-0.2, 0) is 6.54 Å². The van der Waals surface area contributed by atoms with Crippen LogP contribution in [0.4, 0.5) is 5.82 Å². The molecule has 0 amide bonds. The van der Waals surface area contributed by atoms with Gasteiger partial charge in [0.05, 0.1) is 6.10 Å². The number of aliphatic hydroxyl groups is 1. The van der Waals surface area contributed by atoms with E-state index < -0.39 is 0 Å². The fourth-order valence-corrected chi connectivity index (χ4v) is 4.84. The highest BCUT2D eigenvalue weighted by molar-refractivity contribution is 6.30. The molecule has 0 radical (unpaired) electrons. The van der Waals surface area contributed by atoms with E-state index in [4.69, 9.17) is 16.6 Å².